The first-order valence-electron chi connectivity index (χ1n) is 12.7. The molecule has 1 atom stereocenters. The van der Waals surface area contributed by atoms with Gasteiger partial charge in [-0.05, 0) is 62.8 Å². The number of nitrogens with zero attached hydrogens (tertiary/aromatic N) is 6. The summed E-state index contributed by atoms with van der Waals surface area (Å²) in [6.07, 6.45) is 9.75. The number of aromatic nitrogens is 6. The quantitative estimate of drug-likeness (QED) is 0.387. The maximum atomic E-state index is 14.2. The molecule has 4 aromatic heterocycles. The first kappa shape index (κ1) is 21.5. The number of aryl methyl sites for hydroxylation is 1. The highest BCUT2D eigenvalue weighted by atomic mass is 16.3. The van der Waals surface area contributed by atoms with Crippen LogP contribution in [-0.4, -0.2) is 34.2 Å². The molecule has 4 heterocycles. The van der Waals surface area contributed by atoms with Crippen LogP contribution in [0.25, 0.3) is 38.8 Å². The van der Waals surface area contributed by atoms with Crippen molar-refractivity contribution in [3.8, 4) is 16.8 Å². The Hall–Kier alpha value is -3.78. The smallest absolute Gasteiger partial charge is 0.281 e. The van der Waals surface area contributed by atoms with Crippen LogP contribution in [-0.2, 0) is 13.6 Å². The second-order valence-corrected chi connectivity index (χ2v) is 10.4. The monoisotopic (exact) mass is 480 g/mol. The van der Waals surface area contributed by atoms with E-state index in [1.807, 2.05) is 49.9 Å². The fourth-order valence-corrected chi connectivity index (χ4v) is 5.19. The summed E-state index contributed by atoms with van der Waals surface area (Å²) >= 11 is 0. The van der Waals surface area contributed by atoms with Crippen molar-refractivity contribution >= 4 is 21.9 Å². The standard InChI is InChI=1S/C28H28N6O2/c1-16(35)22-15-33(13-17-3-4-17)27-25(19-7-9-23(29-12-19)18-5-6-18)28(36)34(31-26(22)27)21-8-10-24-20(11-21)14-32(2)30-24/h7-12,14-18,35H,3-6,13H2,1-2H3. The zero-order chi connectivity index (χ0) is 24.6. The van der Waals surface area contributed by atoms with Crippen LogP contribution in [0, 0.1) is 5.92 Å². The molecule has 7 rings (SSSR count). The van der Waals surface area contributed by atoms with Crippen molar-refractivity contribution in [3.63, 3.8) is 0 Å². The molecule has 0 saturated heterocycles. The number of hydrogen-bond acceptors (Lipinski definition) is 5. The Bertz CT molecular complexity index is 1680. The van der Waals surface area contributed by atoms with Crippen molar-refractivity contribution in [3.05, 3.63) is 70.5 Å². The summed E-state index contributed by atoms with van der Waals surface area (Å²) in [6, 6.07) is 9.78. The average molecular weight is 481 g/mol. The van der Waals surface area contributed by atoms with Gasteiger partial charge in [0.05, 0.1) is 28.4 Å². The second-order valence-electron chi connectivity index (χ2n) is 10.4. The lowest BCUT2D eigenvalue weighted by Crippen LogP contribution is -2.24. The second kappa shape index (κ2) is 7.86. The Morgan fingerprint density at radius 2 is 1.92 bits per heavy atom. The van der Waals surface area contributed by atoms with Gasteiger partial charge in [0, 0.05) is 60.3 Å². The molecule has 8 nitrogen and oxygen atoms in total. The molecule has 0 amide bonds. The third kappa shape index (κ3) is 3.55. The largest absolute Gasteiger partial charge is 0.389 e. The van der Waals surface area contributed by atoms with Gasteiger partial charge in [-0.25, -0.2) is 0 Å². The van der Waals surface area contributed by atoms with Crippen molar-refractivity contribution in [1.82, 2.24) is 29.1 Å². The molecule has 1 aromatic carbocycles. The van der Waals surface area contributed by atoms with E-state index in [4.69, 9.17) is 10.1 Å². The van der Waals surface area contributed by atoms with Crippen molar-refractivity contribution in [2.45, 2.75) is 51.2 Å². The number of aliphatic hydroxyl groups excluding tert-OH is 1. The van der Waals surface area contributed by atoms with E-state index in [2.05, 4.69) is 15.7 Å². The lowest BCUT2D eigenvalue weighted by Gasteiger charge is -2.13. The van der Waals surface area contributed by atoms with Gasteiger partial charge in [0.15, 0.2) is 0 Å². The van der Waals surface area contributed by atoms with Crippen LogP contribution in [0.5, 0.6) is 0 Å². The molecule has 0 radical (unpaired) electrons. The molecule has 182 valence electrons. The Kier molecular flexibility index (Phi) is 4.70. The number of benzene rings is 1. The lowest BCUT2D eigenvalue weighted by atomic mass is 10.1. The molecule has 2 fully saturated rings. The van der Waals surface area contributed by atoms with Gasteiger partial charge in [0.1, 0.15) is 5.52 Å². The molecular formula is C28H28N6O2. The number of hydrogen-bond donors (Lipinski definition) is 1. The Labute approximate surface area is 207 Å². The van der Waals surface area contributed by atoms with E-state index >= 15 is 0 Å². The van der Waals surface area contributed by atoms with Gasteiger partial charge in [0.25, 0.3) is 5.56 Å². The van der Waals surface area contributed by atoms with Crippen LogP contribution in [0.4, 0.5) is 0 Å². The van der Waals surface area contributed by atoms with E-state index in [1.54, 1.807) is 11.6 Å². The fraction of sp³-hybridized carbons (Fsp3) is 0.357. The summed E-state index contributed by atoms with van der Waals surface area (Å²) in [5.41, 5.74) is 5.93. The summed E-state index contributed by atoms with van der Waals surface area (Å²) in [5, 5.41) is 20.9. The molecule has 0 bridgehead atoms. The normalized spacial score (nSPS) is 16.8. The van der Waals surface area contributed by atoms with Crippen molar-refractivity contribution in [2.75, 3.05) is 0 Å². The number of pyridine rings is 1. The number of rotatable bonds is 6. The molecule has 0 aliphatic heterocycles. The Morgan fingerprint density at radius 1 is 1.08 bits per heavy atom. The zero-order valence-electron chi connectivity index (χ0n) is 20.4. The minimum Gasteiger partial charge on any atom is -0.389 e. The van der Waals surface area contributed by atoms with Crippen molar-refractivity contribution in [1.29, 1.82) is 0 Å². The van der Waals surface area contributed by atoms with E-state index in [9.17, 15) is 9.90 Å². The first-order valence-corrected chi connectivity index (χ1v) is 12.7. The first-order chi connectivity index (χ1) is 17.5. The highest BCUT2D eigenvalue weighted by Crippen LogP contribution is 2.40. The topological polar surface area (TPSA) is 90.8 Å². The van der Waals surface area contributed by atoms with E-state index in [-0.39, 0.29) is 5.56 Å². The molecule has 2 aliphatic rings. The molecule has 5 aromatic rings. The van der Waals surface area contributed by atoms with Gasteiger partial charge in [-0.3, -0.25) is 14.5 Å². The highest BCUT2D eigenvalue weighted by molar-refractivity contribution is 5.94. The maximum absolute atomic E-state index is 14.2. The summed E-state index contributed by atoms with van der Waals surface area (Å²) in [5.74, 6) is 1.14. The predicted octanol–water partition coefficient (Wildman–Crippen LogP) is 4.48. The zero-order valence-corrected chi connectivity index (χ0v) is 20.4. The molecule has 0 spiro atoms. The third-order valence-corrected chi connectivity index (χ3v) is 7.44. The minimum atomic E-state index is -0.713. The molecular weight excluding hydrogens is 452 g/mol. The number of fused-ring (bicyclic) bond motifs is 2. The van der Waals surface area contributed by atoms with Crippen molar-refractivity contribution < 1.29 is 5.11 Å². The molecule has 1 unspecified atom stereocenters. The Balaban J connectivity index is 1.51. The summed E-state index contributed by atoms with van der Waals surface area (Å²) in [6.45, 7) is 2.57. The molecule has 1 N–H and O–H groups in total. The average Bonchev–Trinajstić information content (AvgIpc) is 3.79. The van der Waals surface area contributed by atoms with Gasteiger partial charge in [0.2, 0.25) is 0 Å². The summed E-state index contributed by atoms with van der Waals surface area (Å²) < 4.78 is 5.35. The van der Waals surface area contributed by atoms with E-state index in [0.29, 0.717) is 28.6 Å². The van der Waals surface area contributed by atoms with Gasteiger partial charge in [-0.2, -0.15) is 14.9 Å². The van der Waals surface area contributed by atoms with Crippen LogP contribution in [0.3, 0.4) is 0 Å². The SMILES string of the molecule is CC(O)c1cn(CC2CC2)c2c(-c3ccc(C4CC4)nc3)c(=O)n(-c3ccc4nn(C)cc4c3)nc12. The van der Waals surface area contributed by atoms with Gasteiger partial charge < -0.3 is 9.67 Å². The van der Waals surface area contributed by atoms with Gasteiger partial charge in [-0.15, -0.1) is 0 Å². The molecule has 2 aliphatic carbocycles. The molecule has 2 saturated carbocycles. The van der Waals surface area contributed by atoms with Gasteiger partial charge >= 0.3 is 0 Å². The van der Waals surface area contributed by atoms with Crippen LogP contribution in [0.2, 0.25) is 0 Å². The van der Waals surface area contributed by atoms with Crippen LogP contribution < -0.4 is 5.56 Å². The number of aliphatic hydroxyl groups is 1. The fourth-order valence-electron chi connectivity index (χ4n) is 5.19. The van der Waals surface area contributed by atoms with Crippen LogP contribution in [0.15, 0.2) is 53.7 Å². The van der Waals surface area contributed by atoms with Crippen molar-refractivity contribution in [2.24, 2.45) is 13.0 Å². The maximum Gasteiger partial charge on any atom is 0.281 e. The predicted molar refractivity (Wildman–Crippen MR) is 138 cm³/mol. The summed E-state index contributed by atoms with van der Waals surface area (Å²) in [7, 11) is 1.88. The van der Waals surface area contributed by atoms with E-state index in [1.165, 1.54) is 30.4 Å². The lowest BCUT2D eigenvalue weighted by molar-refractivity contribution is 0.200. The third-order valence-electron chi connectivity index (χ3n) is 7.44. The molecule has 8 heteroatoms. The van der Waals surface area contributed by atoms with E-state index < -0.39 is 6.10 Å². The summed E-state index contributed by atoms with van der Waals surface area (Å²) in [4.78, 5) is 18.9. The molecule has 36 heavy (non-hydrogen) atoms. The van der Waals surface area contributed by atoms with Crippen LogP contribution in [0.1, 0.15) is 55.9 Å². The van der Waals surface area contributed by atoms with Gasteiger partial charge in [-0.1, -0.05) is 6.07 Å². The van der Waals surface area contributed by atoms with E-state index in [0.717, 1.165) is 39.8 Å². The minimum absolute atomic E-state index is 0.195. The van der Waals surface area contributed by atoms with Crippen LogP contribution >= 0.6 is 0 Å². The Morgan fingerprint density at radius 3 is 2.61 bits per heavy atom. The highest BCUT2D eigenvalue weighted by Gasteiger charge is 2.28.